The predicted molar refractivity (Wildman–Crippen MR) is 119 cm³/mol. The molecule has 0 aliphatic carbocycles. The van der Waals surface area contributed by atoms with Gasteiger partial charge in [-0.3, -0.25) is 15.0 Å². The van der Waals surface area contributed by atoms with Crippen LogP contribution in [0, 0.1) is 5.82 Å². The molecule has 1 aromatic heterocycles. The van der Waals surface area contributed by atoms with Crippen molar-refractivity contribution in [3.05, 3.63) is 93.9 Å². The second-order valence-corrected chi connectivity index (χ2v) is 8.47. The van der Waals surface area contributed by atoms with Crippen LogP contribution < -0.4 is 5.32 Å². The summed E-state index contributed by atoms with van der Waals surface area (Å²) in [5.74, 6) is -0.0567. The maximum atomic E-state index is 13.9. The number of carbonyl (C=O) groups is 1. The third kappa shape index (κ3) is 5.14. The molecule has 0 unspecified atom stereocenters. The van der Waals surface area contributed by atoms with Gasteiger partial charge in [0, 0.05) is 43.2 Å². The number of hydrogen-bond acceptors (Lipinski definition) is 4. The van der Waals surface area contributed by atoms with Crippen LogP contribution >= 0.6 is 11.3 Å². The third-order valence-electron chi connectivity index (χ3n) is 5.49. The lowest BCUT2D eigenvalue weighted by Crippen LogP contribution is -2.50. The molecule has 1 amide bonds. The molecule has 3 aromatic rings. The summed E-state index contributed by atoms with van der Waals surface area (Å²) in [4.78, 5) is 18.1. The monoisotopic (exact) mass is 423 g/mol. The van der Waals surface area contributed by atoms with E-state index in [2.05, 4.69) is 33.8 Å². The summed E-state index contributed by atoms with van der Waals surface area (Å²) in [6.07, 6.45) is 0. The van der Waals surface area contributed by atoms with Crippen molar-refractivity contribution < 1.29 is 9.18 Å². The summed E-state index contributed by atoms with van der Waals surface area (Å²) in [5.41, 5.74) is 1.86. The van der Waals surface area contributed by atoms with Crippen molar-refractivity contribution in [3.8, 4) is 0 Å². The van der Waals surface area contributed by atoms with Gasteiger partial charge in [-0.2, -0.15) is 0 Å². The zero-order valence-electron chi connectivity index (χ0n) is 16.8. The summed E-state index contributed by atoms with van der Waals surface area (Å²) in [5, 5.41) is 5.51. The Kier molecular flexibility index (Phi) is 6.89. The van der Waals surface area contributed by atoms with Crippen molar-refractivity contribution in [3.63, 3.8) is 0 Å². The van der Waals surface area contributed by atoms with Gasteiger partial charge < -0.3 is 4.90 Å². The molecule has 2 aromatic carbocycles. The molecule has 2 heterocycles. The van der Waals surface area contributed by atoms with Crippen molar-refractivity contribution >= 4 is 17.2 Å². The average molecular weight is 424 g/mol. The summed E-state index contributed by atoms with van der Waals surface area (Å²) >= 11 is 1.69. The van der Waals surface area contributed by atoms with E-state index < -0.39 is 0 Å². The van der Waals surface area contributed by atoms with Gasteiger partial charge in [0.2, 0.25) is 5.91 Å². The van der Waals surface area contributed by atoms with Gasteiger partial charge in [0.25, 0.3) is 0 Å². The normalized spacial score (nSPS) is 15.8. The van der Waals surface area contributed by atoms with Crippen LogP contribution in [0.15, 0.2) is 72.1 Å². The van der Waals surface area contributed by atoms with E-state index in [0.29, 0.717) is 31.7 Å². The van der Waals surface area contributed by atoms with Gasteiger partial charge in [0.1, 0.15) is 5.82 Å². The first-order valence-corrected chi connectivity index (χ1v) is 11.1. The lowest BCUT2D eigenvalue weighted by atomic mass is 10.1. The van der Waals surface area contributed by atoms with E-state index in [4.69, 9.17) is 0 Å². The molecule has 4 rings (SSSR count). The number of piperazine rings is 1. The van der Waals surface area contributed by atoms with Crippen LogP contribution in [0.25, 0.3) is 0 Å². The van der Waals surface area contributed by atoms with Gasteiger partial charge in [-0.25, -0.2) is 4.39 Å². The van der Waals surface area contributed by atoms with Gasteiger partial charge in [-0.15, -0.1) is 11.3 Å². The second kappa shape index (κ2) is 9.98. The van der Waals surface area contributed by atoms with Gasteiger partial charge >= 0.3 is 0 Å². The highest BCUT2D eigenvalue weighted by atomic mass is 32.1. The van der Waals surface area contributed by atoms with Crippen LogP contribution in [-0.4, -0.2) is 48.4 Å². The Bertz CT molecular complexity index is 940. The topological polar surface area (TPSA) is 35.6 Å². The largest absolute Gasteiger partial charge is 0.339 e. The number of amides is 1. The fraction of sp³-hybridized carbons (Fsp3) is 0.292. The first-order valence-electron chi connectivity index (χ1n) is 10.3. The van der Waals surface area contributed by atoms with Gasteiger partial charge in [0.15, 0.2) is 0 Å². The number of benzene rings is 2. The number of carbonyl (C=O) groups excluding carboxylic acids is 1. The molecule has 0 spiro atoms. The molecule has 0 saturated carbocycles. The summed E-state index contributed by atoms with van der Waals surface area (Å²) in [7, 11) is 0. The lowest BCUT2D eigenvalue weighted by Gasteiger charge is -2.35. The molecule has 1 fully saturated rings. The van der Waals surface area contributed by atoms with Gasteiger partial charge in [-0.05, 0) is 23.1 Å². The highest BCUT2D eigenvalue weighted by Gasteiger charge is 2.23. The third-order valence-corrected chi connectivity index (χ3v) is 6.43. The quantitative estimate of drug-likeness (QED) is 0.626. The molecule has 1 aliphatic rings. The lowest BCUT2D eigenvalue weighted by molar-refractivity contribution is -0.132. The molecular weight excluding hydrogens is 397 g/mol. The minimum atomic E-state index is -0.166. The Hall–Kier alpha value is -2.54. The zero-order valence-corrected chi connectivity index (χ0v) is 17.7. The molecule has 6 heteroatoms. The minimum Gasteiger partial charge on any atom is -0.339 e. The summed E-state index contributed by atoms with van der Waals surface area (Å²) < 4.78 is 13.9. The fourth-order valence-corrected chi connectivity index (χ4v) is 4.63. The Morgan fingerprint density at radius 2 is 1.70 bits per heavy atom. The van der Waals surface area contributed by atoms with Gasteiger partial charge in [0.05, 0.1) is 12.6 Å². The second-order valence-electron chi connectivity index (χ2n) is 7.49. The number of hydrogen-bond donors (Lipinski definition) is 1. The van der Waals surface area contributed by atoms with Crippen LogP contribution in [0.4, 0.5) is 4.39 Å². The standard InChI is InChI=1S/C24H26FN3OS/c25-21-10-5-4-9-20(21)18-27-12-14-28(15-13-27)23(29)17-26-24(22-11-6-16-30-22)19-7-2-1-3-8-19/h1-11,16,24,26H,12-15,17-18H2/t24-/m0/s1. The van der Waals surface area contributed by atoms with Crippen molar-refractivity contribution in [1.29, 1.82) is 0 Å². The molecule has 4 nitrogen and oxygen atoms in total. The van der Waals surface area contributed by atoms with Crippen molar-refractivity contribution in [2.75, 3.05) is 32.7 Å². The Morgan fingerprint density at radius 1 is 0.967 bits per heavy atom. The Labute approximate surface area is 180 Å². The molecular formula is C24H26FN3OS. The highest BCUT2D eigenvalue weighted by molar-refractivity contribution is 7.10. The zero-order chi connectivity index (χ0) is 20.8. The molecule has 0 bridgehead atoms. The molecule has 1 N–H and O–H groups in total. The number of thiophene rings is 1. The van der Waals surface area contributed by atoms with E-state index in [1.54, 1.807) is 17.4 Å². The first-order chi connectivity index (χ1) is 14.7. The van der Waals surface area contributed by atoms with Crippen LogP contribution in [0.5, 0.6) is 0 Å². The highest BCUT2D eigenvalue weighted by Crippen LogP contribution is 2.25. The van der Waals surface area contributed by atoms with Crippen molar-refractivity contribution in [1.82, 2.24) is 15.1 Å². The Balaban J connectivity index is 1.30. The molecule has 1 atom stereocenters. The van der Waals surface area contributed by atoms with Crippen molar-refractivity contribution in [2.24, 2.45) is 0 Å². The minimum absolute atomic E-state index is 0.0116. The number of nitrogens with one attached hydrogen (secondary N) is 1. The SMILES string of the molecule is O=C(CN[C@@H](c1ccccc1)c1cccs1)N1CCN(Cc2ccccc2F)CC1. The van der Waals surface area contributed by atoms with E-state index in [1.807, 2.05) is 41.3 Å². The van der Waals surface area contributed by atoms with E-state index >= 15 is 0 Å². The number of nitrogens with zero attached hydrogens (tertiary/aromatic N) is 2. The summed E-state index contributed by atoms with van der Waals surface area (Å²) in [6, 6.07) is 21.3. The molecule has 1 saturated heterocycles. The van der Waals surface area contributed by atoms with Crippen molar-refractivity contribution in [2.45, 2.75) is 12.6 Å². The van der Waals surface area contributed by atoms with Crippen LogP contribution in [-0.2, 0) is 11.3 Å². The van der Waals surface area contributed by atoms with E-state index in [9.17, 15) is 9.18 Å². The summed E-state index contributed by atoms with van der Waals surface area (Å²) in [6.45, 7) is 3.74. The molecule has 1 aliphatic heterocycles. The van der Waals surface area contributed by atoms with E-state index in [-0.39, 0.29) is 17.8 Å². The maximum Gasteiger partial charge on any atom is 0.236 e. The Morgan fingerprint density at radius 3 is 2.40 bits per heavy atom. The number of rotatable bonds is 7. The number of halogens is 1. The molecule has 0 radical (unpaired) electrons. The molecule has 156 valence electrons. The molecule has 30 heavy (non-hydrogen) atoms. The first kappa shape index (κ1) is 20.7. The van der Waals surface area contributed by atoms with Crippen LogP contribution in [0.2, 0.25) is 0 Å². The smallest absolute Gasteiger partial charge is 0.236 e. The predicted octanol–water partition coefficient (Wildman–Crippen LogP) is 3.91. The average Bonchev–Trinajstić information content (AvgIpc) is 3.31. The van der Waals surface area contributed by atoms with Gasteiger partial charge in [-0.1, -0.05) is 54.6 Å². The van der Waals surface area contributed by atoms with E-state index in [0.717, 1.165) is 18.7 Å². The van der Waals surface area contributed by atoms with Crippen LogP contribution in [0.1, 0.15) is 22.0 Å². The fourth-order valence-electron chi connectivity index (χ4n) is 3.81. The van der Waals surface area contributed by atoms with E-state index in [1.165, 1.54) is 10.9 Å². The maximum absolute atomic E-state index is 13.9. The van der Waals surface area contributed by atoms with Crippen LogP contribution in [0.3, 0.4) is 0 Å².